The van der Waals surface area contributed by atoms with E-state index in [2.05, 4.69) is 60.0 Å². The Kier molecular flexibility index (Phi) is 4.40. The molecule has 2 aromatic rings. The summed E-state index contributed by atoms with van der Waals surface area (Å²) >= 11 is 0. The molecule has 1 heterocycles. The summed E-state index contributed by atoms with van der Waals surface area (Å²) in [4.78, 5) is 12.3. The molecule has 0 saturated heterocycles. The molecule has 3 saturated carbocycles. The lowest BCUT2D eigenvalue weighted by atomic mass is 9.60. The zero-order valence-electron chi connectivity index (χ0n) is 17.9. The third kappa shape index (κ3) is 3.14. The molecule has 0 spiro atoms. The number of carbonyl (C=O) groups is 1. The first-order valence-electron chi connectivity index (χ1n) is 12.0. The molecule has 0 bridgehead atoms. The standard InChI is InChI=1S/C27H32N2O/c1-16-5-7-18(8-6-16)26-25-21-4-2-3-17(21)11-13-22(25)23-15-20(12-14-24(23)29-26)28-27(30)19-9-10-19/h5-8,12,14-15,17,19,21-22,25-26,29H,2-4,9-11,13H2,1H3,(H,28,30). The number of nitrogens with one attached hydrogen (secondary N) is 2. The van der Waals surface area contributed by atoms with Crippen LogP contribution in [-0.2, 0) is 4.79 Å². The highest BCUT2D eigenvalue weighted by Crippen LogP contribution is 2.59. The van der Waals surface area contributed by atoms with Crippen LogP contribution in [0.25, 0.3) is 0 Å². The maximum atomic E-state index is 12.3. The smallest absolute Gasteiger partial charge is 0.227 e. The third-order valence-corrected chi connectivity index (χ3v) is 8.32. The lowest BCUT2D eigenvalue weighted by Crippen LogP contribution is -2.41. The van der Waals surface area contributed by atoms with Crippen LogP contribution in [0.5, 0.6) is 0 Å². The van der Waals surface area contributed by atoms with Gasteiger partial charge in [0.15, 0.2) is 0 Å². The normalized spacial score (nSPS) is 31.8. The van der Waals surface area contributed by atoms with Gasteiger partial charge in [-0.15, -0.1) is 0 Å². The quantitative estimate of drug-likeness (QED) is 0.624. The summed E-state index contributed by atoms with van der Waals surface area (Å²) in [5.74, 6) is 3.40. The number of amides is 1. The average Bonchev–Trinajstić information content (AvgIpc) is 3.50. The van der Waals surface area contributed by atoms with Crippen molar-refractivity contribution in [3.63, 3.8) is 0 Å². The monoisotopic (exact) mass is 400 g/mol. The second-order valence-corrected chi connectivity index (χ2v) is 10.2. The molecule has 6 rings (SSSR count). The van der Waals surface area contributed by atoms with Crippen molar-refractivity contribution in [3.05, 3.63) is 59.2 Å². The van der Waals surface area contributed by atoms with Crippen molar-refractivity contribution in [2.75, 3.05) is 10.6 Å². The van der Waals surface area contributed by atoms with Crippen LogP contribution >= 0.6 is 0 Å². The molecule has 3 nitrogen and oxygen atoms in total. The van der Waals surface area contributed by atoms with E-state index in [-0.39, 0.29) is 11.8 Å². The Labute approximate surface area is 179 Å². The molecule has 5 atom stereocenters. The molecular formula is C27H32N2O. The third-order valence-electron chi connectivity index (χ3n) is 8.32. The maximum Gasteiger partial charge on any atom is 0.227 e. The molecule has 3 heteroatoms. The number of carbonyl (C=O) groups excluding carboxylic acids is 1. The molecule has 5 unspecified atom stereocenters. The summed E-state index contributed by atoms with van der Waals surface area (Å²) in [7, 11) is 0. The summed E-state index contributed by atoms with van der Waals surface area (Å²) < 4.78 is 0. The van der Waals surface area contributed by atoms with Gasteiger partial charge in [0.05, 0.1) is 6.04 Å². The van der Waals surface area contributed by atoms with E-state index in [1.165, 1.54) is 54.5 Å². The van der Waals surface area contributed by atoms with Crippen molar-refractivity contribution in [3.8, 4) is 0 Å². The lowest BCUT2D eigenvalue weighted by Gasteiger charge is -2.49. The van der Waals surface area contributed by atoms with Gasteiger partial charge in [-0.3, -0.25) is 4.79 Å². The number of benzene rings is 2. The average molecular weight is 401 g/mol. The molecule has 4 aliphatic rings. The Balaban J connectivity index is 1.38. The number of fused-ring (bicyclic) bond motifs is 5. The Morgan fingerprint density at radius 2 is 1.80 bits per heavy atom. The maximum absolute atomic E-state index is 12.3. The van der Waals surface area contributed by atoms with Crippen molar-refractivity contribution in [1.29, 1.82) is 0 Å². The van der Waals surface area contributed by atoms with Crippen LogP contribution in [0.1, 0.15) is 73.6 Å². The summed E-state index contributed by atoms with van der Waals surface area (Å²) in [6, 6.07) is 16.1. The molecule has 0 aromatic heterocycles. The molecular weight excluding hydrogens is 368 g/mol. The number of rotatable bonds is 3. The zero-order valence-corrected chi connectivity index (χ0v) is 17.9. The van der Waals surface area contributed by atoms with E-state index in [4.69, 9.17) is 0 Å². The summed E-state index contributed by atoms with van der Waals surface area (Å²) in [5, 5.41) is 7.13. The van der Waals surface area contributed by atoms with E-state index >= 15 is 0 Å². The molecule has 2 aromatic carbocycles. The highest BCUT2D eigenvalue weighted by atomic mass is 16.2. The van der Waals surface area contributed by atoms with Crippen molar-refractivity contribution in [1.82, 2.24) is 0 Å². The van der Waals surface area contributed by atoms with Gasteiger partial charge in [0, 0.05) is 17.3 Å². The number of anilines is 2. The van der Waals surface area contributed by atoms with Crippen LogP contribution < -0.4 is 10.6 Å². The lowest BCUT2D eigenvalue weighted by molar-refractivity contribution is -0.117. The Hall–Kier alpha value is -2.29. The molecule has 30 heavy (non-hydrogen) atoms. The minimum absolute atomic E-state index is 0.201. The van der Waals surface area contributed by atoms with Crippen LogP contribution in [-0.4, -0.2) is 5.91 Å². The molecule has 1 amide bonds. The molecule has 0 radical (unpaired) electrons. The van der Waals surface area contributed by atoms with E-state index < -0.39 is 0 Å². The van der Waals surface area contributed by atoms with Gasteiger partial charge in [0.1, 0.15) is 0 Å². The van der Waals surface area contributed by atoms with Crippen LogP contribution in [0, 0.1) is 30.6 Å². The van der Waals surface area contributed by atoms with Gasteiger partial charge in [-0.05, 0) is 92.0 Å². The number of hydrogen-bond donors (Lipinski definition) is 2. The first-order valence-corrected chi connectivity index (χ1v) is 12.0. The number of hydrogen-bond acceptors (Lipinski definition) is 2. The molecule has 3 fully saturated rings. The predicted octanol–water partition coefficient (Wildman–Crippen LogP) is 6.42. The highest BCUT2D eigenvalue weighted by molar-refractivity contribution is 5.94. The molecule has 1 aliphatic heterocycles. The van der Waals surface area contributed by atoms with Gasteiger partial charge in [-0.25, -0.2) is 0 Å². The molecule has 3 aliphatic carbocycles. The zero-order chi connectivity index (χ0) is 20.2. The first-order chi connectivity index (χ1) is 14.7. The van der Waals surface area contributed by atoms with Gasteiger partial charge in [0.25, 0.3) is 0 Å². The van der Waals surface area contributed by atoms with E-state index in [0.29, 0.717) is 17.9 Å². The van der Waals surface area contributed by atoms with E-state index in [9.17, 15) is 4.79 Å². The van der Waals surface area contributed by atoms with Gasteiger partial charge < -0.3 is 10.6 Å². The van der Waals surface area contributed by atoms with Crippen molar-refractivity contribution >= 4 is 17.3 Å². The fourth-order valence-electron chi connectivity index (χ4n) is 6.67. The van der Waals surface area contributed by atoms with Crippen LogP contribution in [0.2, 0.25) is 0 Å². The Morgan fingerprint density at radius 1 is 0.967 bits per heavy atom. The van der Waals surface area contributed by atoms with E-state index in [1.54, 1.807) is 0 Å². The number of aryl methyl sites for hydroxylation is 1. The fourth-order valence-corrected chi connectivity index (χ4v) is 6.67. The summed E-state index contributed by atoms with van der Waals surface area (Å²) in [6.45, 7) is 2.17. The molecule has 156 valence electrons. The minimum atomic E-state index is 0.201. The summed E-state index contributed by atoms with van der Waals surface area (Å²) in [6.07, 6.45) is 8.92. The predicted molar refractivity (Wildman–Crippen MR) is 122 cm³/mol. The van der Waals surface area contributed by atoms with Gasteiger partial charge >= 0.3 is 0 Å². The summed E-state index contributed by atoms with van der Waals surface area (Å²) in [5.41, 5.74) is 6.43. The van der Waals surface area contributed by atoms with Crippen LogP contribution in [0.15, 0.2) is 42.5 Å². The Morgan fingerprint density at radius 3 is 2.60 bits per heavy atom. The SMILES string of the molecule is Cc1ccc(C2Nc3ccc(NC(=O)C4CC4)cc3C3CCC4CCCC4C32)cc1. The van der Waals surface area contributed by atoms with E-state index in [1.807, 2.05) is 0 Å². The van der Waals surface area contributed by atoms with Crippen LogP contribution in [0.4, 0.5) is 11.4 Å². The van der Waals surface area contributed by atoms with Gasteiger partial charge in [-0.2, -0.15) is 0 Å². The van der Waals surface area contributed by atoms with Gasteiger partial charge in [0.2, 0.25) is 5.91 Å². The van der Waals surface area contributed by atoms with Crippen LogP contribution in [0.3, 0.4) is 0 Å². The fraction of sp³-hybridized carbons (Fsp3) is 0.519. The second-order valence-electron chi connectivity index (χ2n) is 10.2. The first kappa shape index (κ1) is 18.5. The van der Waals surface area contributed by atoms with Crippen molar-refractivity contribution in [2.45, 2.75) is 63.8 Å². The van der Waals surface area contributed by atoms with Gasteiger partial charge in [-0.1, -0.05) is 42.7 Å². The highest BCUT2D eigenvalue weighted by Gasteiger charge is 2.48. The van der Waals surface area contributed by atoms with Crippen molar-refractivity contribution in [2.24, 2.45) is 23.7 Å². The topological polar surface area (TPSA) is 41.1 Å². The largest absolute Gasteiger partial charge is 0.378 e. The van der Waals surface area contributed by atoms with Crippen molar-refractivity contribution < 1.29 is 4.79 Å². The molecule has 2 N–H and O–H groups in total. The minimum Gasteiger partial charge on any atom is -0.378 e. The van der Waals surface area contributed by atoms with E-state index in [0.717, 1.165) is 30.4 Å². The Bertz CT molecular complexity index is 961. The second kappa shape index (κ2) is 7.14.